The number of aromatic amines is 1. The molecule has 0 spiro atoms. The number of benzene rings is 1. The van der Waals surface area contributed by atoms with E-state index in [2.05, 4.69) is 25.9 Å². The number of aromatic nitrogens is 2. The zero-order chi connectivity index (χ0) is 25.3. The van der Waals surface area contributed by atoms with Crippen molar-refractivity contribution in [3.8, 4) is 5.75 Å². The molecular weight excluding hydrogens is 448 g/mol. The second kappa shape index (κ2) is 12.3. The molecular formula is C21H28N6O7. The fraction of sp³-hybridized carbons (Fsp3) is 0.381. The molecule has 0 aliphatic carbocycles. The van der Waals surface area contributed by atoms with Gasteiger partial charge in [-0.15, -0.1) is 0 Å². The molecule has 2 rings (SSSR count). The summed E-state index contributed by atoms with van der Waals surface area (Å²) in [6, 6.07) is 2.33. The van der Waals surface area contributed by atoms with Crippen molar-refractivity contribution >= 4 is 23.7 Å². The van der Waals surface area contributed by atoms with Gasteiger partial charge in [0.05, 0.1) is 25.0 Å². The Labute approximate surface area is 194 Å². The minimum atomic E-state index is -1.54. The molecule has 4 unspecified atom stereocenters. The van der Waals surface area contributed by atoms with E-state index in [9.17, 15) is 29.4 Å². The van der Waals surface area contributed by atoms with Crippen LogP contribution in [0.1, 0.15) is 18.2 Å². The van der Waals surface area contributed by atoms with Gasteiger partial charge in [-0.05, 0) is 24.6 Å². The molecule has 34 heavy (non-hydrogen) atoms. The maximum absolute atomic E-state index is 12.8. The average Bonchev–Trinajstić information content (AvgIpc) is 3.29. The first-order valence-electron chi connectivity index (χ1n) is 10.4. The van der Waals surface area contributed by atoms with Crippen LogP contribution >= 0.6 is 0 Å². The second-order valence-corrected chi connectivity index (χ2v) is 7.66. The summed E-state index contributed by atoms with van der Waals surface area (Å²) in [6.07, 6.45) is 1.79. The van der Waals surface area contributed by atoms with Crippen molar-refractivity contribution in [3.63, 3.8) is 0 Å². The summed E-state index contributed by atoms with van der Waals surface area (Å²) in [7, 11) is 0. The van der Waals surface area contributed by atoms with Crippen LogP contribution in [-0.2, 0) is 32.0 Å². The minimum absolute atomic E-state index is 0.0261. The number of aliphatic carboxylic acids is 1. The Hall–Kier alpha value is -3.97. The predicted octanol–water partition coefficient (Wildman–Crippen LogP) is -2.22. The number of phenols is 1. The van der Waals surface area contributed by atoms with Crippen molar-refractivity contribution in [2.45, 2.75) is 44.0 Å². The number of nitrogens with two attached hydrogens (primary N) is 1. The number of nitrogens with one attached hydrogen (secondary N) is 4. The molecule has 1 aromatic heterocycles. The van der Waals surface area contributed by atoms with E-state index in [0.717, 1.165) is 0 Å². The lowest BCUT2D eigenvalue weighted by Gasteiger charge is -2.21. The topological polar surface area (TPSA) is 220 Å². The third-order valence-electron chi connectivity index (χ3n) is 4.83. The first-order valence-corrected chi connectivity index (χ1v) is 10.4. The predicted molar refractivity (Wildman–Crippen MR) is 118 cm³/mol. The molecule has 0 radical (unpaired) electrons. The molecule has 13 nitrogen and oxygen atoms in total. The molecule has 184 valence electrons. The first-order chi connectivity index (χ1) is 16.1. The quantitative estimate of drug-likeness (QED) is 0.166. The van der Waals surface area contributed by atoms with Gasteiger partial charge in [-0.3, -0.25) is 14.4 Å². The van der Waals surface area contributed by atoms with Gasteiger partial charge in [0.15, 0.2) is 6.04 Å². The van der Waals surface area contributed by atoms with Gasteiger partial charge in [0.25, 0.3) is 0 Å². The van der Waals surface area contributed by atoms with Crippen LogP contribution in [0.5, 0.6) is 5.75 Å². The molecule has 0 aliphatic rings. The number of nitrogens with zero attached hydrogens (tertiary/aromatic N) is 1. The molecule has 3 amide bonds. The van der Waals surface area contributed by atoms with Crippen molar-refractivity contribution in [1.82, 2.24) is 25.9 Å². The van der Waals surface area contributed by atoms with Crippen LogP contribution in [0.4, 0.5) is 0 Å². The number of carboxylic acid groups (broad SMARTS) is 1. The molecule has 0 saturated carbocycles. The van der Waals surface area contributed by atoms with E-state index in [1.807, 2.05) is 0 Å². The number of hydrogen-bond acceptors (Lipinski definition) is 8. The van der Waals surface area contributed by atoms with Gasteiger partial charge in [0.2, 0.25) is 17.7 Å². The molecule has 1 heterocycles. The highest BCUT2D eigenvalue weighted by atomic mass is 16.4. The first kappa shape index (κ1) is 26.3. The maximum atomic E-state index is 12.8. The lowest BCUT2D eigenvalue weighted by molar-refractivity contribution is -0.144. The Kier molecular flexibility index (Phi) is 9.52. The van der Waals surface area contributed by atoms with Crippen LogP contribution < -0.4 is 21.7 Å². The molecule has 9 N–H and O–H groups in total. The molecule has 0 aliphatic heterocycles. The molecule has 0 bridgehead atoms. The smallest absolute Gasteiger partial charge is 0.328 e. The number of hydrogen-bond donors (Lipinski definition) is 8. The van der Waals surface area contributed by atoms with Crippen molar-refractivity contribution in [2.24, 2.45) is 5.73 Å². The number of imidazole rings is 1. The van der Waals surface area contributed by atoms with E-state index in [1.165, 1.54) is 31.6 Å². The highest BCUT2D eigenvalue weighted by Gasteiger charge is 2.27. The highest BCUT2D eigenvalue weighted by molar-refractivity contribution is 5.92. The monoisotopic (exact) mass is 476 g/mol. The lowest BCUT2D eigenvalue weighted by atomic mass is 10.0. The average molecular weight is 476 g/mol. The van der Waals surface area contributed by atoms with Gasteiger partial charge in [0, 0.05) is 24.7 Å². The van der Waals surface area contributed by atoms with Crippen molar-refractivity contribution in [3.05, 3.63) is 48.0 Å². The molecule has 4 atom stereocenters. The van der Waals surface area contributed by atoms with Gasteiger partial charge in [-0.25, -0.2) is 9.78 Å². The van der Waals surface area contributed by atoms with Gasteiger partial charge >= 0.3 is 5.97 Å². The zero-order valence-electron chi connectivity index (χ0n) is 18.4. The molecule has 13 heteroatoms. The third-order valence-corrected chi connectivity index (χ3v) is 4.83. The summed E-state index contributed by atoms with van der Waals surface area (Å²) in [5, 5.41) is 35.0. The molecule has 2 aromatic rings. The van der Waals surface area contributed by atoms with Crippen molar-refractivity contribution < 1.29 is 34.5 Å². The Bertz CT molecular complexity index is 978. The van der Waals surface area contributed by atoms with Crippen LogP contribution in [-0.4, -0.2) is 79.8 Å². The summed E-state index contributed by atoms with van der Waals surface area (Å²) >= 11 is 0. The number of amides is 3. The van der Waals surface area contributed by atoms with E-state index in [0.29, 0.717) is 11.3 Å². The molecule has 0 saturated heterocycles. The summed E-state index contributed by atoms with van der Waals surface area (Å²) in [6.45, 7) is 0.616. The Morgan fingerprint density at radius 1 is 1.09 bits per heavy atom. The summed E-state index contributed by atoms with van der Waals surface area (Å²) < 4.78 is 0. The summed E-state index contributed by atoms with van der Waals surface area (Å²) in [5.41, 5.74) is 7.18. The number of aliphatic hydroxyl groups excluding tert-OH is 1. The zero-order valence-corrected chi connectivity index (χ0v) is 18.4. The Morgan fingerprint density at radius 2 is 1.76 bits per heavy atom. The fourth-order valence-electron chi connectivity index (χ4n) is 2.99. The van der Waals surface area contributed by atoms with Gasteiger partial charge in [-0.1, -0.05) is 12.1 Å². The van der Waals surface area contributed by atoms with Gasteiger partial charge < -0.3 is 42.0 Å². The Balaban J connectivity index is 2.04. The highest BCUT2D eigenvalue weighted by Crippen LogP contribution is 2.12. The number of H-pyrrole nitrogens is 1. The van der Waals surface area contributed by atoms with Crippen molar-refractivity contribution in [2.75, 3.05) is 6.54 Å². The van der Waals surface area contributed by atoms with E-state index in [-0.39, 0.29) is 18.6 Å². The normalized spacial score (nSPS) is 14.3. The number of rotatable bonds is 12. The van der Waals surface area contributed by atoms with Crippen molar-refractivity contribution in [1.29, 1.82) is 0 Å². The number of aromatic hydroxyl groups is 1. The Morgan fingerprint density at radius 3 is 2.32 bits per heavy atom. The fourth-order valence-corrected chi connectivity index (χ4v) is 2.99. The summed E-state index contributed by atoms with van der Waals surface area (Å²) in [4.78, 5) is 55.2. The molecule has 1 aromatic carbocycles. The lowest BCUT2D eigenvalue weighted by Crippen LogP contribution is -2.55. The second-order valence-electron chi connectivity index (χ2n) is 7.66. The van der Waals surface area contributed by atoms with Crippen LogP contribution in [0.3, 0.4) is 0 Å². The van der Waals surface area contributed by atoms with Crippen LogP contribution in [0.2, 0.25) is 0 Å². The number of carbonyl (C=O) groups excluding carboxylic acids is 3. The maximum Gasteiger partial charge on any atom is 0.328 e. The SMILES string of the molecule is CC(O)C(NC(=O)CNC(=O)C(Cc1ccc(O)cc1)NC(=O)C(N)Cc1cnc[nH]1)C(=O)O. The number of phenolic OH excluding ortho intramolecular Hbond substituents is 1. The third kappa shape index (κ3) is 8.18. The molecule has 0 fully saturated rings. The van der Waals surface area contributed by atoms with Crippen LogP contribution in [0.15, 0.2) is 36.8 Å². The van der Waals surface area contributed by atoms with Gasteiger partial charge in [-0.2, -0.15) is 0 Å². The van der Waals surface area contributed by atoms with Crippen LogP contribution in [0.25, 0.3) is 0 Å². The van der Waals surface area contributed by atoms with E-state index < -0.39 is 54.5 Å². The standard InChI is InChI=1S/C21H28N6O7/c1-11(28)18(21(33)34)27-17(30)9-24-20(32)16(6-12-2-4-14(29)5-3-12)26-19(31)15(22)7-13-8-23-10-25-13/h2-5,8,10-11,15-16,18,28-29H,6-7,9,22H2,1H3,(H,23,25)(H,24,32)(H,26,31)(H,27,30)(H,33,34). The van der Waals surface area contributed by atoms with E-state index >= 15 is 0 Å². The van der Waals surface area contributed by atoms with Crippen LogP contribution in [0, 0.1) is 0 Å². The summed E-state index contributed by atoms with van der Waals surface area (Å²) in [5.74, 6) is -3.57. The number of carboxylic acids is 1. The van der Waals surface area contributed by atoms with E-state index in [1.54, 1.807) is 12.1 Å². The van der Waals surface area contributed by atoms with E-state index in [4.69, 9.17) is 10.8 Å². The minimum Gasteiger partial charge on any atom is -0.508 e. The van der Waals surface area contributed by atoms with Gasteiger partial charge in [0.1, 0.15) is 11.8 Å². The number of aliphatic hydroxyl groups is 1. The number of carbonyl (C=O) groups is 4. The largest absolute Gasteiger partial charge is 0.508 e.